The van der Waals surface area contributed by atoms with Crippen LogP contribution >= 0.6 is 11.6 Å². The number of methoxy groups -OCH3 is 1. The first-order valence-corrected chi connectivity index (χ1v) is 4.82. The Balaban J connectivity index is 2.78. The Bertz CT molecular complexity index is 615. The first-order valence-electron chi connectivity index (χ1n) is 4.44. The largest absolute Gasteiger partial charge is 0.465 e. The van der Waals surface area contributed by atoms with E-state index in [1.165, 1.54) is 13.2 Å². The molecule has 0 fully saturated rings. The monoisotopic (exact) mass is 238 g/mol. The van der Waals surface area contributed by atoms with Crippen LogP contribution in [0.4, 0.5) is 0 Å². The van der Waals surface area contributed by atoms with E-state index in [9.17, 15) is 9.59 Å². The lowest BCUT2D eigenvalue weighted by molar-refractivity contribution is 0.0596. The van der Waals surface area contributed by atoms with Crippen LogP contribution in [-0.4, -0.2) is 13.1 Å². The summed E-state index contributed by atoms with van der Waals surface area (Å²) in [5.74, 6) is -0.726. The van der Waals surface area contributed by atoms with Gasteiger partial charge >= 0.3 is 11.6 Å². The Labute approximate surface area is 95.4 Å². The van der Waals surface area contributed by atoms with Gasteiger partial charge in [0.2, 0.25) is 0 Å². The van der Waals surface area contributed by atoms with Gasteiger partial charge in [-0.3, -0.25) is 0 Å². The van der Waals surface area contributed by atoms with Crippen molar-refractivity contribution in [2.45, 2.75) is 0 Å². The first-order chi connectivity index (χ1) is 7.63. The molecule has 0 aliphatic carbocycles. The maximum atomic E-state index is 11.5. The molecule has 0 bridgehead atoms. The van der Waals surface area contributed by atoms with E-state index >= 15 is 0 Å². The molecule has 0 saturated carbocycles. The number of para-hydroxylation sites is 1. The standard InChI is InChI=1S/C11H7ClO4/c1-15-10(13)7-5-6-3-2-4-8(12)9(6)16-11(7)14/h2-5H,1H3. The highest BCUT2D eigenvalue weighted by molar-refractivity contribution is 6.34. The molecular formula is C11H7ClO4. The zero-order chi connectivity index (χ0) is 11.7. The first kappa shape index (κ1) is 10.7. The quantitative estimate of drug-likeness (QED) is 0.565. The molecule has 0 unspecified atom stereocenters. The van der Waals surface area contributed by atoms with E-state index in [1.807, 2.05) is 0 Å². The molecule has 0 N–H and O–H groups in total. The van der Waals surface area contributed by atoms with Crippen LogP contribution in [0, 0.1) is 0 Å². The number of benzene rings is 1. The molecule has 4 nitrogen and oxygen atoms in total. The summed E-state index contributed by atoms with van der Waals surface area (Å²) in [6.45, 7) is 0. The third-order valence-corrected chi connectivity index (χ3v) is 2.41. The van der Waals surface area contributed by atoms with Crippen molar-refractivity contribution in [2.75, 3.05) is 7.11 Å². The van der Waals surface area contributed by atoms with Gasteiger partial charge in [0.05, 0.1) is 12.1 Å². The number of halogens is 1. The molecule has 1 aromatic heterocycles. The topological polar surface area (TPSA) is 56.5 Å². The maximum absolute atomic E-state index is 11.5. The molecule has 0 saturated heterocycles. The van der Waals surface area contributed by atoms with E-state index in [2.05, 4.69) is 4.74 Å². The van der Waals surface area contributed by atoms with Crippen LogP contribution in [0.5, 0.6) is 0 Å². The number of hydrogen-bond acceptors (Lipinski definition) is 4. The molecule has 1 aromatic carbocycles. The molecule has 0 atom stereocenters. The summed E-state index contributed by atoms with van der Waals surface area (Å²) in [6, 6.07) is 6.39. The Kier molecular flexibility index (Phi) is 2.66. The second-order valence-corrected chi connectivity index (χ2v) is 3.50. The average Bonchev–Trinajstić information content (AvgIpc) is 2.29. The number of carbonyl (C=O) groups excluding carboxylic acids is 1. The van der Waals surface area contributed by atoms with Crippen molar-refractivity contribution in [3.05, 3.63) is 45.3 Å². The van der Waals surface area contributed by atoms with E-state index in [-0.39, 0.29) is 11.1 Å². The molecule has 2 rings (SSSR count). The summed E-state index contributed by atoms with van der Waals surface area (Å²) >= 11 is 5.85. The van der Waals surface area contributed by atoms with Crippen LogP contribution in [0.15, 0.2) is 33.5 Å². The van der Waals surface area contributed by atoms with Crippen molar-refractivity contribution < 1.29 is 13.9 Å². The Morgan fingerprint density at radius 2 is 2.19 bits per heavy atom. The fourth-order valence-corrected chi connectivity index (χ4v) is 1.58. The van der Waals surface area contributed by atoms with Gasteiger partial charge in [-0.25, -0.2) is 9.59 Å². The van der Waals surface area contributed by atoms with Crippen molar-refractivity contribution in [3.63, 3.8) is 0 Å². The third-order valence-electron chi connectivity index (χ3n) is 2.12. The number of ether oxygens (including phenoxy) is 1. The van der Waals surface area contributed by atoms with E-state index < -0.39 is 11.6 Å². The van der Waals surface area contributed by atoms with Crippen molar-refractivity contribution in [3.8, 4) is 0 Å². The zero-order valence-corrected chi connectivity index (χ0v) is 9.08. The molecule has 1 heterocycles. The van der Waals surface area contributed by atoms with Crippen LogP contribution in [0.25, 0.3) is 11.0 Å². The van der Waals surface area contributed by atoms with Gasteiger partial charge in [0.25, 0.3) is 0 Å². The minimum absolute atomic E-state index is 0.141. The van der Waals surface area contributed by atoms with E-state index in [1.54, 1.807) is 18.2 Å². The predicted molar refractivity (Wildman–Crippen MR) is 58.8 cm³/mol. The van der Waals surface area contributed by atoms with Crippen LogP contribution in [0.2, 0.25) is 5.02 Å². The summed E-state index contributed by atoms with van der Waals surface area (Å²) in [6.07, 6.45) is 0. The van der Waals surface area contributed by atoms with E-state index in [0.29, 0.717) is 10.4 Å². The smallest absolute Gasteiger partial charge is 0.351 e. The highest BCUT2D eigenvalue weighted by Gasteiger charge is 2.14. The zero-order valence-electron chi connectivity index (χ0n) is 8.32. The van der Waals surface area contributed by atoms with Gasteiger partial charge in [-0.1, -0.05) is 23.7 Å². The number of esters is 1. The van der Waals surface area contributed by atoms with Gasteiger partial charge in [-0.2, -0.15) is 0 Å². The minimum Gasteiger partial charge on any atom is -0.465 e. The van der Waals surface area contributed by atoms with Crippen LogP contribution in [-0.2, 0) is 4.74 Å². The van der Waals surface area contributed by atoms with Crippen LogP contribution in [0.1, 0.15) is 10.4 Å². The number of hydrogen-bond donors (Lipinski definition) is 0. The summed E-state index contributed by atoms with van der Waals surface area (Å²) < 4.78 is 9.42. The Morgan fingerprint density at radius 3 is 2.88 bits per heavy atom. The van der Waals surface area contributed by atoms with Crippen molar-refractivity contribution >= 4 is 28.5 Å². The van der Waals surface area contributed by atoms with Gasteiger partial charge in [0.1, 0.15) is 5.56 Å². The summed E-state index contributed by atoms with van der Waals surface area (Å²) in [7, 11) is 1.20. The molecule has 16 heavy (non-hydrogen) atoms. The normalized spacial score (nSPS) is 10.4. The second-order valence-electron chi connectivity index (χ2n) is 3.10. The minimum atomic E-state index is -0.757. The highest BCUT2D eigenvalue weighted by Crippen LogP contribution is 2.22. The second kappa shape index (κ2) is 3.98. The fraction of sp³-hybridized carbons (Fsp3) is 0.0909. The van der Waals surface area contributed by atoms with Crippen molar-refractivity contribution in [2.24, 2.45) is 0 Å². The van der Waals surface area contributed by atoms with Gasteiger partial charge in [-0.15, -0.1) is 0 Å². The molecule has 82 valence electrons. The third kappa shape index (κ3) is 1.67. The summed E-state index contributed by atoms with van der Waals surface area (Å²) in [4.78, 5) is 22.7. The van der Waals surface area contributed by atoms with Gasteiger partial charge in [0, 0.05) is 5.39 Å². The lowest BCUT2D eigenvalue weighted by Gasteiger charge is -2.01. The molecule has 2 aromatic rings. The Morgan fingerprint density at radius 1 is 1.44 bits per heavy atom. The fourth-order valence-electron chi connectivity index (χ4n) is 1.36. The molecule has 0 amide bonds. The van der Waals surface area contributed by atoms with Gasteiger partial charge in [0.15, 0.2) is 5.58 Å². The molecule has 0 radical (unpaired) electrons. The average molecular weight is 239 g/mol. The summed E-state index contributed by atoms with van der Waals surface area (Å²) in [5.41, 5.74) is -0.633. The lowest BCUT2D eigenvalue weighted by Crippen LogP contribution is -2.14. The maximum Gasteiger partial charge on any atom is 0.351 e. The molecule has 0 spiro atoms. The number of fused-ring (bicyclic) bond motifs is 1. The highest BCUT2D eigenvalue weighted by atomic mass is 35.5. The molecular weight excluding hydrogens is 232 g/mol. The molecule has 5 heteroatoms. The van der Waals surface area contributed by atoms with Crippen molar-refractivity contribution in [1.82, 2.24) is 0 Å². The predicted octanol–water partition coefficient (Wildman–Crippen LogP) is 2.23. The number of rotatable bonds is 1. The SMILES string of the molecule is COC(=O)c1cc2cccc(Cl)c2oc1=O. The van der Waals surface area contributed by atoms with E-state index in [4.69, 9.17) is 16.0 Å². The van der Waals surface area contributed by atoms with Gasteiger partial charge in [-0.05, 0) is 12.1 Å². The lowest BCUT2D eigenvalue weighted by atomic mass is 10.2. The molecule has 0 aliphatic rings. The summed E-state index contributed by atoms with van der Waals surface area (Å²) in [5, 5.41) is 0.901. The number of carbonyl (C=O) groups is 1. The van der Waals surface area contributed by atoms with Crippen molar-refractivity contribution in [1.29, 1.82) is 0 Å². The Hall–Kier alpha value is -1.81. The van der Waals surface area contributed by atoms with Crippen LogP contribution in [0.3, 0.4) is 0 Å². The van der Waals surface area contributed by atoms with E-state index in [0.717, 1.165) is 0 Å². The van der Waals surface area contributed by atoms with Gasteiger partial charge < -0.3 is 9.15 Å². The van der Waals surface area contributed by atoms with Crippen LogP contribution < -0.4 is 5.63 Å². The molecule has 0 aliphatic heterocycles.